The van der Waals surface area contributed by atoms with Crippen LogP contribution in [0.15, 0.2) is 4.52 Å². The molecule has 1 aromatic rings. The minimum absolute atomic E-state index is 0.0258. The highest BCUT2D eigenvalue weighted by atomic mass is 32.2. The number of hydrogen-bond donors (Lipinski definition) is 1. The van der Waals surface area contributed by atoms with Gasteiger partial charge < -0.3 is 10.3 Å². The van der Waals surface area contributed by atoms with Crippen molar-refractivity contribution in [3.63, 3.8) is 0 Å². The SMILES string of the molecule is CCc1noc(C(N)CCS(C)(=O)=O)n1. The van der Waals surface area contributed by atoms with Crippen LogP contribution in [0.1, 0.15) is 31.1 Å². The van der Waals surface area contributed by atoms with Gasteiger partial charge in [-0.2, -0.15) is 4.98 Å². The van der Waals surface area contributed by atoms with Crippen molar-refractivity contribution in [1.82, 2.24) is 10.1 Å². The fourth-order valence-corrected chi connectivity index (χ4v) is 1.71. The van der Waals surface area contributed by atoms with Gasteiger partial charge >= 0.3 is 0 Å². The van der Waals surface area contributed by atoms with Gasteiger partial charge in [0.05, 0.1) is 11.8 Å². The first kappa shape index (κ1) is 12.1. The maximum Gasteiger partial charge on any atom is 0.243 e. The van der Waals surface area contributed by atoms with Crippen molar-refractivity contribution in [3.05, 3.63) is 11.7 Å². The third-order valence-corrected chi connectivity index (χ3v) is 2.89. The Hall–Kier alpha value is -0.950. The topological polar surface area (TPSA) is 99.1 Å². The second kappa shape index (κ2) is 4.71. The van der Waals surface area contributed by atoms with E-state index < -0.39 is 15.9 Å². The molecule has 6 nitrogen and oxygen atoms in total. The van der Waals surface area contributed by atoms with Crippen molar-refractivity contribution in [2.45, 2.75) is 25.8 Å². The van der Waals surface area contributed by atoms with Gasteiger partial charge in [0.15, 0.2) is 5.82 Å². The highest BCUT2D eigenvalue weighted by molar-refractivity contribution is 7.90. The number of rotatable bonds is 5. The summed E-state index contributed by atoms with van der Waals surface area (Å²) < 4.78 is 26.7. The van der Waals surface area contributed by atoms with Gasteiger partial charge in [0.25, 0.3) is 0 Å². The number of nitrogens with zero attached hydrogens (tertiary/aromatic N) is 2. The van der Waals surface area contributed by atoms with Crippen LogP contribution in [0.3, 0.4) is 0 Å². The molecule has 15 heavy (non-hydrogen) atoms. The van der Waals surface area contributed by atoms with Crippen molar-refractivity contribution in [3.8, 4) is 0 Å². The second-order valence-corrected chi connectivity index (χ2v) is 5.69. The maximum atomic E-state index is 10.9. The van der Waals surface area contributed by atoms with Gasteiger partial charge in [-0.25, -0.2) is 8.42 Å². The first-order valence-corrected chi connectivity index (χ1v) is 6.74. The molecule has 0 radical (unpaired) electrons. The third kappa shape index (κ3) is 3.96. The van der Waals surface area contributed by atoms with E-state index in [-0.39, 0.29) is 5.75 Å². The smallest absolute Gasteiger partial charge is 0.243 e. The quantitative estimate of drug-likeness (QED) is 0.772. The first-order chi connectivity index (χ1) is 6.92. The molecule has 0 aliphatic carbocycles. The van der Waals surface area contributed by atoms with E-state index in [0.29, 0.717) is 24.6 Å². The van der Waals surface area contributed by atoms with Gasteiger partial charge in [0.2, 0.25) is 5.89 Å². The summed E-state index contributed by atoms with van der Waals surface area (Å²) in [5.41, 5.74) is 5.71. The molecule has 0 spiro atoms. The Morgan fingerprint density at radius 3 is 2.67 bits per heavy atom. The van der Waals surface area contributed by atoms with E-state index in [0.717, 1.165) is 0 Å². The Morgan fingerprint density at radius 2 is 2.20 bits per heavy atom. The van der Waals surface area contributed by atoms with Gasteiger partial charge in [0, 0.05) is 12.7 Å². The Bertz CT molecular complexity index is 413. The molecule has 0 bridgehead atoms. The molecule has 86 valence electrons. The third-order valence-electron chi connectivity index (χ3n) is 1.92. The molecule has 1 heterocycles. The van der Waals surface area contributed by atoms with E-state index in [1.165, 1.54) is 6.26 Å². The molecule has 1 aromatic heterocycles. The summed E-state index contributed by atoms with van der Waals surface area (Å²) in [4.78, 5) is 4.03. The number of aryl methyl sites for hydroxylation is 1. The van der Waals surface area contributed by atoms with Crippen LogP contribution in [0.5, 0.6) is 0 Å². The molecular weight excluding hydrogens is 218 g/mol. The van der Waals surface area contributed by atoms with E-state index in [9.17, 15) is 8.42 Å². The van der Waals surface area contributed by atoms with Crippen LogP contribution in [-0.2, 0) is 16.3 Å². The summed E-state index contributed by atoms with van der Waals surface area (Å²) in [6, 6.07) is -0.507. The predicted molar refractivity (Wildman–Crippen MR) is 54.9 cm³/mol. The van der Waals surface area contributed by atoms with Gasteiger partial charge in [-0.15, -0.1) is 0 Å². The van der Waals surface area contributed by atoms with Crippen molar-refractivity contribution in [1.29, 1.82) is 0 Å². The molecule has 0 aliphatic heterocycles. The monoisotopic (exact) mass is 233 g/mol. The van der Waals surface area contributed by atoms with Crippen molar-refractivity contribution < 1.29 is 12.9 Å². The fraction of sp³-hybridized carbons (Fsp3) is 0.750. The van der Waals surface area contributed by atoms with E-state index >= 15 is 0 Å². The lowest BCUT2D eigenvalue weighted by Gasteiger charge is -2.04. The standard InChI is InChI=1S/C8H15N3O3S/c1-3-7-10-8(14-11-7)6(9)4-5-15(2,12)13/h6H,3-5,9H2,1-2H3. The van der Waals surface area contributed by atoms with Crippen LogP contribution in [0.2, 0.25) is 0 Å². The lowest BCUT2D eigenvalue weighted by Crippen LogP contribution is -2.16. The molecule has 1 unspecified atom stereocenters. The van der Waals surface area contributed by atoms with Crippen LogP contribution >= 0.6 is 0 Å². The van der Waals surface area contributed by atoms with Crippen LogP contribution in [0.25, 0.3) is 0 Å². The Labute approximate surface area is 88.8 Å². The molecule has 0 aromatic carbocycles. The molecule has 2 N–H and O–H groups in total. The molecular formula is C8H15N3O3S. The van der Waals surface area contributed by atoms with Gasteiger partial charge in [0.1, 0.15) is 9.84 Å². The zero-order valence-electron chi connectivity index (χ0n) is 8.80. The zero-order chi connectivity index (χ0) is 11.5. The molecule has 1 atom stereocenters. The molecule has 0 fully saturated rings. The summed E-state index contributed by atoms with van der Waals surface area (Å²) in [6.07, 6.45) is 2.14. The molecule has 0 saturated carbocycles. The second-order valence-electron chi connectivity index (χ2n) is 3.43. The first-order valence-electron chi connectivity index (χ1n) is 4.68. The summed E-state index contributed by atoms with van der Waals surface area (Å²) in [6.45, 7) is 1.90. The van der Waals surface area contributed by atoms with Gasteiger partial charge in [-0.1, -0.05) is 12.1 Å². The maximum absolute atomic E-state index is 10.9. The van der Waals surface area contributed by atoms with Crippen LogP contribution in [-0.4, -0.2) is 30.6 Å². The zero-order valence-corrected chi connectivity index (χ0v) is 9.62. The summed E-state index contributed by atoms with van der Waals surface area (Å²) in [5, 5.41) is 3.68. The largest absolute Gasteiger partial charge is 0.338 e. The molecule has 0 amide bonds. The van der Waals surface area contributed by atoms with Gasteiger partial charge in [-0.05, 0) is 6.42 Å². The minimum atomic E-state index is -3.00. The highest BCUT2D eigenvalue weighted by Crippen LogP contribution is 2.12. The molecule has 1 rings (SSSR count). The van der Waals surface area contributed by atoms with Gasteiger partial charge in [-0.3, -0.25) is 0 Å². The molecule has 7 heteroatoms. The lowest BCUT2D eigenvalue weighted by molar-refractivity contribution is 0.348. The number of aromatic nitrogens is 2. The highest BCUT2D eigenvalue weighted by Gasteiger charge is 2.16. The van der Waals surface area contributed by atoms with Crippen LogP contribution in [0, 0.1) is 0 Å². The normalized spacial score (nSPS) is 14.1. The Balaban J connectivity index is 2.57. The Kier molecular flexibility index (Phi) is 3.81. The Morgan fingerprint density at radius 1 is 1.53 bits per heavy atom. The number of hydrogen-bond acceptors (Lipinski definition) is 6. The van der Waals surface area contributed by atoms with Crippen LogP contribution in [0.4, 0.5) is 0 Å². The minimum Gasteiger partial charge on any atom is -0.338 e. The molecule has 0 saturated heterocycles. The summed E-state index contributed by atoms with van der Waals surface area (Å²) in [7, 11) is -3.00. The van der Waals surface area contributed by atoms with Crippen LogP contribution < -0.4 is 5.73 Å². The van der Waals surface area contributed by atoms with Crippen molar-refractivity contribution in [2.24, 2.45) is 5.73 Å². The van der Waals surface area contributed by atoms with E-state index in [2.05, 4.69) is 10.1 Å². The van der Waals surface area contributed by atoms with Crippen molar-refractivity contribution in [2.75, 3.05) is 12.0 Å². The fourth-order valence-electron chi connectivity index (χ4n) is 1.03. The van der Waals surface area contributed by atoms with E-state index in [4.69, 9.17) is 10.3 Å². The van der Waals surface area contributed by atoms with E-state index in [1.807, 2.05) is 6.92 Å². The van der Waals surface area contributed by atoms with Crippen molar-refractivity contribution >= 4 is 9.84 Å². The number of nitrogens with two attached hydrogens (primary N) is 1. The summed E-state index contributed by atoms with van der Waals surface area (Å²) in [5.74, 6) is 0.910. The molecule has 0 aliphatic rings. The summed E-state index contributed by atoms with van der Waals surface area (Å²) >= 11 is 0. The lowest BCUT2D eigenvalue weighted by atomic mass is 10.2. The number of sulfone groups is 1. The average Bonchev–Trinajstić information content (AvgIpc) is 2.61. The average molecular weight is 233 g/mol. The predicted octanol–water partition coefficient (Wildman–Crippen LogP) is 0.0665. The van der Waals surface area contributed by atoms with E-state index in [1.54, 1.807) is 0 Å².